The van der Waals surface area contributed by atoms with E-state index < -0.39 is 5.66 Å². The molecule has 0 bridgehead atoms. The van der Waals surface area contributed by atoms with Crippen LogP contribution < -0.4 is 16.4 Å². The summed E-state index contributed by atoms with van der Waals surface area (Å²) < 4.78 is 6.08. The van der Waals surface area contributed by atoms with Crippen molar-refractivity contribution < 1.29 is 4.42 Å². The molecule has 2 aliphatic rings. The average Bonchev–Trinajstić information content (AvgIpc) is 3.28. The van der Waals surface area contributed by atoms with E-state index in [1.165, 1.54) is 12.0 Å². The van der Waals surface area contributed by atoms with Crippen molar-refractivity contribution in [3.05, 3.63) is 72.8 Å². The van der Waals surface area contributed by atoms with Crippen LogP contribution in [0.2, 0.25) is 0 Å². The molecule has 0 radical (unpaired) electrons. The van der Waals surface area contributed by atoms with Gasteiger partial charge in [-0.15, -0.1) is 0 Å². The number of aliphatic imine (C=N–C) groups is 2. The van der Waals surface area contributed by atoms with Crippen LogP contribution in [0.5, 0.6) is 0 Å². The van der Waals surface area contributed by atoms with Crippen LogP contribution in [0.25, 0.3) is 33.7 Å². The summed E-state index contributed by atoms with van der Waals surface area (Å²) in [6, 6.07) is 24.5. The Morgan fingerprint density at radius 1 is 0.794 bits per heavy atom. The van der Waals surface area contributed by atoms with Crippen LogP contribution in [-0.4, -0.2) is 22.6 Å². The van der Waals surface area contributed by atoms with Crippen LogP contribution in [0.4, 0.5) is 5.69 Å². The van der Waals surface area contributed by atoms with Crippen LogP contribution in [0.1, 0.15) is 32.1 Å². The first-order valence-corrected chi connectivity index (χ1v) is 11.7. The van der Waals surface area contributed by atoms with Gasteiger partial charge in [0.2, 0.25) is 17.8 Å². The Hall–Kier alpha value is -4.13. The van der Waals surface area contributed by atoms with E-state index in [0.29, 0.717) is 11.9 Å². The second kappa shape index (κ2) is 8.02. The Balaban J connectivity index is 1.35. The van der Waals surface area contributed by atoms with E-state index in [4.69, 9.17) is 25.9 Å². The predicted octanol–water partition coefficient (Wildman–Crippen LogP) is 5.27. The predicted molar refractivity (Wildman–Crippen MR) is 136 cm³/mol. The molecule has 2 heterocycles. The smallest absolute Gasteiger partial charge is 0.227 e. The molecule has 34 heavy (non-hydrogen) atoms. The Bertz CT molecular complexity index is 1400. The number of hydrogen-bond acceptors (Lipinski definition) is 7. The van der Waals surface area contributed by atoms with Crippen molar-refractivity contribution >= 4 is 28.7 Å². The first-order valence-electron chi connectivity index (χ1n) is 11.7. The van der Waals surface area contributed by atoms with Crippen LogP contribution >= 0.6 is 0 Å². The van der Waals surface area contributed by atoms with Gasteiger partial charge in [0.25, 0.3) is 0 Å². The highest BCUT2D eigenvalue weighted by Crippen LogP contribution is 2.40. The minimum Gasteiger partial charge on any atom is -0.436 e. The highest BCUT2D eigenvalue weighted by atomic mass is 16.3. The van der Waals surface area contributed by atoms with Gasteiger partial charge in [-0.05, 0) is 67.1 Å². The fraction of sp³-hybridized carbons (Fsp3) is 0.222. The lowest BCUT2D eigenvalue weighted by Crippen LogP contribution is -2.58. The van der Waals surface area contributed by atoms with Crippen LogP contribution in [0, 0.1) is 0 Å². The van der Waals surface area contributed by atoms with Gasteiger partial charge in [0.1, 0.15) is 11.2 Å². The Morgan fingerprint density at radius 2 is 1.50 bits per heavy atom. The normalized spacial score (nSPS) is 17.6. The van der Waals surface area contributed by atoms with Gasteiger partial charge in [-0.25, -0.2) is 9.98 Å². The lowest BCUT2D eigenvalue weighted by Gasteiger charge is -2.45. The third kappa shape index (κ3) is 3.50. The molecule has 1 aliphatic carbocycles. The third-order valence-corrected chi connectivity index (χ3v) is 6.72. The second-order valence-corrected chi connectivity index (χ2v) is 8.93. The minimum absolute atomic E-state index is 0.249. The van der Waals surface area contributed by atoms with Crippen molar-refractivity contribution in [1.82, 2.24) is 4.98 Å². The SMILES string of the molecule is NC1=NC2(CCCCC2)N(c2ccc3oc(-c4ccc(-c5ccccc5)cc4)nc3c2)C(N)=N1. The average molecular weight is 451 g/mol. The summed E-state index contributed by atoms with van der Waals surface area (Å²) in [6.07, 6.45) is 5.13. The lowest BCUT2D eigenvalue weighted by molar-refractivity contribution is 0.305. The number of hydrogen-bond donors (Lipinski definition) is 2. The zero-order valence-corrected chi connectivity index (χ0v) is 18.8. The molecule has 6 rings (SSSR count). The summed E-state index contributed by atoms with van der Waals surface area (Å²) in [6.45, 7) is 0. The van der Waals surface area contributed by atoms with Gasteiger partial charge >= 0.3 is 0 Å². The van der Waals surface area contributed by atoms with Gasteiger partial charge in [0.15, 0.2) is 5.58 Å². The molecule has 1 aliphatic heterocycles. The van der Waals surface area contributed by atoms with Crippen molar-refractivity contribution in [1.29, 1.82) is 0 Å². The van der Waals surface area contributed by atoms with Gasteiger partial charge in [-0.3, -0.25) is 4.90 Å². The molecule has 4 N–H and O–H groups in total. The van der Waals surface area contributed by atoms with Gasteiger partial charge in [0.05, 0.1) is 0 Å². The molecule has 0 amide bonds. The molecule has 0 unspecified atom stereocenters. The van der Waals surface area contributed by atoms with E-state index in [0.717, 1.165) is 53.6 Å². The topological polar surface area (TPSA) is 106 Å². The monoisotopic (exact) mass is 450 g/mol. The number of benzene rings is 3. The third-order valence-electron chi connectivity index (χ3n) is 6.72. The maximum absolute atomic E-state index is 6.38. The van der Waals surface area contributed by atoms with Crippen LogP contribution in [0.15, 0.2) is 87.2 Å². The quantitative estimate of drug-likeness (QED) is 0.442. The Morgan fingerprint density at radius 3 is 2.26 bits per heavy atom. The number of nitrogens with two attached hydrogens (primary N) is 2. The number of oxazole rings is 1. The van der Waals surface area contributed by atoms with E-state index in [-0.39, 0.29) is 5.96 Å². The number of fused-ring (bicyclic) bond motifs is 1. The zero-order valence-electron chi connectivity index (χ0n) is 18.8. The van der Waals surface area contributed by atoms with Crippen LogP contribution in [0.3, 0.4) is 0 Å². The maximum atomic E-state index is 6.38. The van der Waals surface area contributed by atoms with E-state index in [1.807, 2.05) is 53.4 Å². The second-order valence-electron chi connectivity index (χ2n) is 8.93. The highest BCUT2D eigenvalue weighted by molar-refractivity contribution is 6.06. The molecular formula is C27H26N6O. The van der Waals surface area contributed by atoms with E-state index in [9.17, 15) is 0 Å². The molecule has 0 atom stereocenters. The largest absolute Gasteiger partial charge is 0.436 e. The molecule has 170 valence electrons. The number of rotatable bonds is 3. The summed E-state index contributed by atoms with van der Waals surface area (Å²) in [5.41, 5.74) is 17.5. The van der Waals surface area contributed by atoms with Gasteiger partial charge in [0, 0.05) is 11.3 Å². The molecule has 1 saturated carbocycles. The maximum Gasteiger partial charge on any atom is 0.227 e. The lowest BCUT2D eigenvalue weighted by atomic mass is 9.87. The van der Waals surface area contributed by atoms with Crippen molar-refractivity contribution in [2.75, 3.05) is 4.90 Å². The molecule has 0 saturated heterocycles. The van der Waals surface area contributed by atoms with Crippen molar-refractivity contribution in [3.63, 3.8) is 0 Å². The summed E-state index contributed by atoms with van der Waals surface area (Å²) in [4.78, 5) is 15.8. The fourth-order valence-corrected chi connectivity index (χ4v) is 5.11. The van der Waals surface area contributed by atoms with Crippen molar-refractivity contribution in [3.8, 4) is 22.6 Å². The zero-order chi connectivity index (χ0) is 23.1. The molecule has 1 aromatic heterocycles. The van der Waals surface area contributed by atoms with E-state index in [2.05, 4.69) is 29.3 Å². The fourth-order valence-electron chi connectivity index (χ4n) is 5.11. The Kier molecular flexibility index (Phi) is 4.83. The molecule has 7 nitrogen and oxygen atoms in total. The summed E-state index contributed by atoms with van der Waals surface area (Å²) in [7, 11) is 0. The highest BCUT2D eigenvalue weighted by Gasteiger charge is 2.42. The van der Waals surface area contributed by atoms with E-state index >= 15 is 0 Å². The summed E-state index contributed by atoms with van der Waals surface area (Å²) in [5, 5.41) is 0. The van der Waals surface area contributed by atoms with Gasteiger partial charge in [-0.1, -0.05) is 48.9 Å². The standard InChI is InChI=1S/C27H26N6O/c28-25-31-26(29)33(27(32-25)15-5-2-6-16-27)21-13-14-23-22(17-21)30-24(34-23)20-11-9-19(10-12-20)18-7-3-1-4-8-18/h1,3-4,7-14,17H,2,5-6,15-16H2,(H4,28,29,31,32). The Labute approximate surface area is 197 Å². The molecule has 4 aromatic rings. The molecular weight excluding hydrogens is 424 g/mol. The van der Waals surface area contributed by atoms with Crippen molar-refractivity contribution in [2.45, 2.75) is 37.8 Å². The summed E-state index contributed by atoms with van der Waals surface area (Å²) in [5.74, 6) is 1.20. The molecule has 7 heteroatoms. The summed E-state index contributed by atoms with van der Waals surface area (Å²) >= 11 is 0. The van der Waals surface area contributed by atoms with Gasteiger partial charge < -0.3 is 15.9 Å². The molecule has 3 aromatic carbocycles. The number of aromatic nitrogens is 1. The number of anilines is 1. The molecule has 1 spiro atoms. The van der Waals surface area contributed by atoms with Crippen LogP contribution in [-0.2, 0) is 0 Å². The minimum atomic E-state index is -0.484. The first-order chi connectivity index (χ1) is 16.6. The van der Waals surface area contributed by atoms with Gasteiger partial charge in [-0.2, -0.15) is 4.99 Å². The molecule has 1 fully saturated rings. The number of nitrogens with zero attached hydrogens (tertiary/aromatic N) is 4. The van der Waals surface area contributed by atoms with E-state index in [1.54, 1.807) is 0 Å². The van der Waals surface area contributed by atoms with Crippen molar-refractivity contribution in [2.24, 2.45) is 21.5 Å². The first kappa shape index (κ1) is 20.5. The number of guanidine groups is 2.